The highest BCUT2D eigenvalue weighted by Gasteiger charge is 2.14. The third-order valence-electron chi connectivity index (χ3n) is 3.27. The Morgan fingerprint density at radius 3 is 2.48 bits per heavy atom. The minimum atomic E-state index is -0.153. The van der Waals surface area contributed by atoms with Crippen molar-refractivity contribution in [1.82, 2.24) is 4.98 Å². The number of aromatic nitrogens is 1. The number of pyridine rings is 1. The molecule has 3 aromatic rings. The van der Waals surface area contributed by atoms with E-state index in [2.05, 4.69) is 36.8 Å². The summed E-state index contributed by atoms with van der Waals surface area (Å²) in [7, 11) is 3.07. The Morgan fingerprint density at radius 2 is 1.78 bits per heavy atom. The highest BCUT2D eigenvalue weighted by molar-refractivity contribution is 9.11. The lowest BCUT2D eigenvalue weighted by molar-refractivity contribution is 0.353. The minimum absolute atomic E-state index is 0.153. The van der Waals surface area contributed by atoms with E-state index in [1.165, 1.54) is 26.5 Å². The number of rotatable bonds is 3. The van der Waals surface area contributed by atoms with Crippen molar-refractivity contribution in [3.05, 3.63) is 49.6 Å². The summed E-state index contributed by atoms with van der Waals surface area (Å²) in [6.07, 6.45) is 1.52. The predicted octanol–water partition coefficient (Wildman–Crippen LogP) is 4.40. The topological polar surface area (TPSA) is 61.6 Å². The van der Waals surface area contributed by atoms with Crippen molar-refractivity contribution in [2.45, 2.75) is 0 Å². The average molecular weight is 441 g/mol. The van der Waals surface area contributed by atoms with Crippen molar-refractivity contribution in [2.75, 3.05) is 14.2 Å². The number of ether oxygens (including phenoxy) is 2. The van der Waals surface area contributed by atoms with Crippen LogP contribution in [-0.4, -0.2) is 19.2 Å². The average Bonchev–Trinajstić information content (AvgIpc) is 2.55. The Kier molecular flexibility index (Phi) is 4.41. The zero-order valence-electron chi connectivity index (χ0n) is 12.2. The zero-order chi connectivity index (χ0) is 16.6. The summed E-state index contributed by atoms with van der Waals surface area (Å²) in [5.41, 5.74) is 0.795. The van der Waals surface area contributed by atoms with Gasteiger partial charge in [0.2, 0.25) is 0 Å². The molecule has 0 aliphatic heterocycles. The van der Waals surface area contributed by atoms with Crippen LogP contribution in [0.25, 0.3) is 22.4 Å². The second-order valence-corrected chi connectivity index (χ2v) is 6.43. The van der Waals surface area contributed by atoms with Crippen LogP contribution in [0, 0.1) is 0 Å². The molecule has 118 valence electrons. The molecule has 3 rings (SSSR count). The molecule has 0 aliphatic rings. The molecule has 0 spiro atoms. The van der Waals surface area contributed by atoms with Crippen LogP contribution in [0.2, 0.25) is 0 Å². The maximum absolute atomic E-state index is 12.4. The molecule has 7 heteroatoms. The Labute approximate surface area is 148 Å². The molecule has 0 N–H and O–H groups in total. The Bertz CT molecular complexity index is 953. The van der Waals surface area contributed by atoms with Gasteiger partial charge in [0.15, 0.2) is 28.3 Å². The maximum atomic E-state index is 12.4. The molecule has 0 saturated heterocycles. The smallest absolute Gasteiger partial charge is 0.193 e. The fourth-order valence-electron chi connectivity index (χ4n) is 2.18. The van der Waals surface area contributed by atoms with Gasteiger partial charge in [-0.25, -0.2) is 4.98 Å². The molecule has 0 unspecified atom stereocenters. The van der Waals surface area contributed by atoms with Gasteiger partial charge in [0, 0.05) is 16.6 Å². The lowest BCUT2D eigenvalue weighted by Gasteiger charge is -2.09. The lowest BCUT2D eigenvalue weighted by atomic mass is 10.2. The van der Waals surface area contributed by atoms with Gasteiger partial charge in [0.25, 0.3) is 0 Å². The summed E-state index contributed by atoms with van der Waals surface area (Å²) in [4.78, 5) is 16.6. The molecule has 0 saturated carbocycles. The molecule has 1 aromatic carbocycles. The van der Waals surface area contributed by atoms with Gasteiger partial charge in [-0.15, -0.1) is 0 Å². The highest BCUT2D eigenvalue weighted by Crippen LogP contribution is 2.33. The quantitative estimate of drug-likeness (QED) is 0.604. The first-order valence-corrected chi connectivity index (χ1v) is 8.13. The van der Waals surface area contributed by atoms with Crippen LogP contribution < -0.4 is 14.9 Å². The molecule has 0 bridgehead atoms. The predicted molar refractivity (Wildman–Crippen MR) is 94.2 cm³/mol. The van der Waals surface area contributed by atoms with Crippen LogP contribution >= 0.6 is 31.9 Å². The van der Waals surface area contributed by atoms with Crippen molar-refractivity contribution >= 4 is 42.8 Å². The van der Waals surface area contributed by atoms with E-state index in [1.807, 2.05) is 6.07 Å². The van der Waals surface area contributed by atoms with E-state index in [-0.39, 0.29) is 5.43 Å². The van der Waals surface area contributed by atoms with Crippen molar-refractivity contribution in [3.8, 4) is 23.0 Å². The van der Waals surface area contributed by atoms with E-state index in [9.17, 15) is 4.79 Å². The molecule has 23 heavy (non-hydrogen) atoms. The SMILES string of the molecule is COc1cnc(-c2cc(=O)c3cc(Br)cc(Br)c3o2)cc1OC. The summed E-state index contributed by atoms with van der Waals surface area (Å²) >= 11 is 6.77. The second kappa shape index (κ2) is 6.33. The van der Waals surface area contributed by atoms with Gasteiger partial charge < -0.3 is 13.9 Å². The molecule has 0 radical (unpaired) electrons. The fraction of sp³-hybridized carbons (Fsp3) is 0.125. The number of fused-ring (bicyclic) bond motifs is 1. The number of halogens is 2. The van der Waals surface area contributed by atoms with Crippen molar-refractivity contribution in [2.24, 2.45) is 0 Å². The summed E-state index contributed by atoms with van der Waals surface area (Å²) in [6.45, 7) is 0. The second-order valence-electron chi connectivity index (χ2n) is 4.66. The first kappa shape index (κ1) is 16.0. The summed E-state index contributed by atoms with van der Waals surface area (Å²) < 4.78 is 17.8. The first-order chi connectivity index (χ1) is 11.0. The first-order valence-electron chi connectivity index (χ1n) is 6.54. The number of benzene rings is 1. The van der Waals surface area contributed by atoms with Gasteiger partial charge in [-0.2, -0.15) is 0 Å². The lowest BCUT2D eigenvalue weighted by Crippen LogP contribution is -2.02. The van der Waals surface area contributed by atoms with Gasteiger partial charge in [-0.1, -0.05) is 15.9 Å². The molecule has 2 aromatic heterocycles. The van der Waals surface area contributed by atoms with Crippen LogP contribution in [0.5, 0.6) is 11.5 Å². The van der Waals surface area contributed by atoms with Crippen LogP contribution in [0.15, 0.2) is 48.6 Å². The summed E-state index contributed by atoms with van der Waals surface area (Å²) in [6, 6.07) is 6.61. The Balaban J connectivity index is 2.23. The standard InChI is InChI=1S/C16H11Br2NO4/c1-21-14-5-11(19-7-15(14)22-2)13-6-12(20)9-3-8(17)4-10(18)16(9)23-13/h3-7H,1-2H3. The van der Waals surface area contributed by atoms with E-state index in [0.717, 1.165) is 4.47 Å². The molecular formula is C16H11Br2NO4. The van der Waals surface area contributed by atoms with Crippen LogP contribution in [0.1, 0.15) is 0 Å². The monoisotopic (exact) mass is 439 g/mol. The summed E-state index contributed by atoms with van der Waals surface area (Å²) in [5, 5.41) is 0.482. The molecule has 0 fully saturated rings. The molecular weight excluding hydrogens is 430 g/mol. The van der Waals surface area contributed by atoms with Gasteiger partial charge in [0.05, 0.1) is 30.3 Å². The molecule has 0 aliphatic carbocycles. The molecule has 2 heterocycles. The van der Waals surface area contributed by atoms with E-state index in [0.29, 0.717) is 38.4 Å². The minimum Gasteiger partial charge on any atom is -0.493 e. The molecule has 5 nitrogen and oxygen atoms in total. The number of hydrogen-bond donors (Lipinski definition) is 0. The van der Waals surface area contributed by atoms with Crippen LogP contribution in [0.4, 0.5) is 0 Å². The number of methoxy groups -OCH3 is 2. The maximum Gasteiger partial charge on any atom is 0.193 e. The van der Waals surface area contributed by atoms with E-state index in [4.69, 9.17) is 13.9 Å². The van der Waals surface area contributed by atoms with Crippen LogP contribution in [0.3, 0.4) is 0 Å². The normalized spacial score (nSPS) is 10.8. The largest absolute Gasteiger partial charge is 0.493 e. The van der Waals surface area contributed by atoms with Crippen LogP contribution in [-0.2, 0) is 0 Å². The Hall–Kier alpha value is -1.86. The number of nitrogens with zero attached hydrogens (tertiary/aromatic N) is 1. The molecule has 0 atom stereocenters. The number of hydrogen-bond acceptors (Lipinski definition) is 5. The Morgan fingerprint density at radius 1 is 1.04 bits per heavy atom. The van der Waals surface area contributed by atoms with Gasteiger partial charge in [-0.3, -0.25) is 4.79 Å². The van der Waals surface area contributed by atoms with E-state index < -0.39 is 0 Å². The van der Waals surface area contributed by atoms with Crippen molar-refractivity contribution in [3.63, 3.8) is 0 Å². The third-order valence-corrected chi connectivity index (χ3v) is 4.32. The van der Waals surface area contributed by atoms with E-state index >= 15 is 0 Å². The highest BCUT2D eigenvalue weighted by atomic mass is 79.9. The fourth-order valence-corrected chi connectivity index (χ4v) is 3.49. The third kappa shape index (κ3) is 2.98. The van der Waals surface area contributed by atoms with Crippen molar-refractivity contribution in [1.29, 1.82) is 0 Å². The van der Waals surface area contributed by atoms with Crippen molar-refractivity contribution < 1.29 is 13.9 Å². The zero-order valence-corrected chi connectivity index (χ0v) is 15.4. The van der Waals surface area contributed by atoms with Gasteiger partial charge >= 0.3 is 0 Å². The van der Waals surface area contributed by atoms with E-state index in [1.54, 1.807) is 12.1 Å². The van der Waals surface area contributed by atoms with Gasteiger partial charge in [-0.05, 0) is 28.1 Å². The summed E-state index contributed by atoms with van der Waals surface area (Å²) in [5.74, 6) is 1.37. The molecule has 0 amide bonds. The van der Waals surface area contributed by atoms with Gasteiger partial charge in [0.1, 0.15) is 5.69 Å².